The second-order valence-corrected chi connectivity index (χ2v) is 5.20. The van der Waals surface area contributed by atoms with Gasteiger partial charge in [0.2, 0.25) is 0 Å². The summed E-state index contributed by atoms with van der Waals surface area (Å²) in [4.78, 5) is 0.974. The van der Waals surface area contributed by atoms with Gasteiger partial charge in [-0.25, -0.2) is 0 Å². The first-order valence-corrected chi connectivity index (χ1v) is 7.33. The van der Waals surface area contributed by atoms with Gasteiger partial charge >= 0.3 is 0 Å². The van der Waals surface area contributed by atoms with Gasteiger partial charge < -0.3 is 9.63 Å². The number of nitrogens with two attached hydrogens (primary N) is 1. The van der Waals surface area contributed by atoms with Crippen molar-refractivity contribution in [2.75, 3.05) is 0 Å². The van der Waals surface area contributed by atoms with Crippen LogP contribution in [0.1, 0.15) is 5.76 Å². The maximum Gasteiger partial charge on any atom is 0.170 e. The highest BCUT2D eigenvalue weighted by Gasteiger charge is 2.18. The van der Waals surface area contributed by atoms with Crippen molar-refractivity contribution in [2.24, 2.45) is 5.14 Å². The molecule has 106 valence electrons. The molecule has 1 heterocycles. The van der Waals surface area contributed by atoms with E-state index in [0.717, 1.165) is 27.3 Å². The fourth-order valence-electron chi connectivity index (χ4n) is 2.22. The van der Waals surface area contributed by atoms with Crippen molar-refractivity contribution in [1.82, 2.24) is 5.16 Å². The Labute approximate surface area is 126 Å². The molecule has 21 heavy (non-hydrogen) atoms. The molecule has 0 radical (unpaired) electrons. The second-order valence-electron chi connectivity index (χ2n) is 4.50. The van der Waals surface area contributed by atoms with Crippen molar-refractivity contribution < 1.29 is 9.63 Å². The standard InChI is InChI=1S/C16H14N2O2S/c17-21-13-8-6-11(7-9-13)15-14(10-19)20-18-16(15)12-4-2-1-3-5-12/h1-9,19H,10,17H2. The maximum atomic E-state index is 9.48. The molecule has 0 aliphatic carbocycles. The molecule has 3 aromatic rings. The molecular formula is C16H14N2O2S. The topological polar surface area (TPSA) is 72.3 Å². The average molecular weight is 298 g/mol. The smallest absolute Gasteiger partial charge is 0.170 e. The number of nitrogens with zero attached hydrogens (tertiary/aromatic N) is 1. The fourth-order valence-corrected chi connectivity index (χ4v) is 2.52. The Bertz CT molecular complexity index is 724. The number of hydrogen-bond acceptors (Lipinski definition) is 5. The third-order valence-electron chi connectivity index (χ3n) is 3.23. The molecule has 0 spiro atoms. The Morgan fingerprint density at radius 1 is 1.00 bits per heavy atom. The second kappa shape index (κ2) is 6.13. The number of aliphatic hydroxyl groups excluding tert-OH is 1. The van der Waals surface area contributed by atoms with Crippen LogP contribution in [0.4, 0.5) is 0 Å². The molecule has 0 aliphatic heterocycles. The van der Waals surface area contributed by atoms with E-state index in [9.17, 15) is 5.11 Å². The van der Waals surface area contributed by atoms with Gasteiger partial charge in [0, 0.05) is 10.5 Å². The van der Waals surface area contributed by atoms with Crippen LogP contribution in [0.2, 0.25) is 0 Å². The Balaban J connectivity index is 2.13. The largest absolute Gasteiger partial charge is 0.388 e. The van der Waals surface area contributed by atoms with E-state index in [0.29, 0.717) is 5.76 Å². The van der Waals surface area contributed by atoms with Crippen LogP contribution in [-0.4, -0.2) is 10.3 Å². The van der Waals surface area contributed by atoms with E-state index in [1.54, 1.807) is 0 Å². The minimum absolute atomic E-state index is 0.192. The van der Waals surface area contributed by atoms with Gasteiger partial charge in [0.25, 0.3) is 0 Å². The summed E-state index contributed by atoms with van der Waals surface area (Å²) in [6.07, 6.45) is 0. The highest BCUT2D eigenvalue weighted by atomic mass is 32.2. The molecule has 0 saturated carbocycles. The SMILES string of the molecule is NSc1ccc(-c2c(-c3ccccc3)noc2CO)cc1. The Morgan fingerprint density at radius 3 is 2.33 bits per heavy atom. The monoisotopic (exact) mass is 298 g/mol. The molecule has 3 N–H and O–H groups in total. The van der Waals surface area contributed by atoms with Crippen molar-refractivity contribution in [3.8, 4) is 22.4 Å². The molecule has 2 aromatic carbocycles. The lowest BCUT2D eigenvalue weighted by Crippen LogP contribution is -1.88. The van der Waals surface area contributed by atoms with E-state index in [1.165, 1.54) is 11.9 Å². The number of aliphatic hydroxyl groups is 1. The van der Waals surface area contributed by atoms with E-state index < -0.39 is 0 Å². The normalized spacial score (nSPS) is 10.8. The van der Waals surface area contributed by atoms with E-state index in [1.807, 2.05) is 54.6 Å². The zero-order chi connectivity index (χ0) is 14.7. The van der Waals surface area contributed by atoms with Crippen molar-refractivity contribution in [3.63, 3.8) is 0 Å². The molecule has 0 amide bonds. The summed E-state index contributed by atoms with van der Waals surface area (Å²) in [6, 6.07) is 17.5. The summed E-state index contributed by atoms with van der Waals surface area (Å²) < 4.78 is 5.28. The van der Waals surface area contributed by atoms with Gasteiger partial charge in [0.05, 0.1) is 5.56 Å². The van der Waals surface area contributed by atoms with Crippen molar-refractivity contribution in [3.05, 3.63) is 60.4 Å². The molecule has 0 saturated heterocycles. The molecule has 0 fully saturated rings. The van der Waals surface area contributed by atoms with Crippen LogP contribution >= 0.6 is 11.9 Å². The van der Waals surface area contributed by atoms with E-state index in [2.05, 4.69) is 5.16 Å². The molecular weight excluding hydrogens is 284 g/mol. The molecule has 1 aromatic heterocycles. The zero-order valence-corrected chi connectivity index (χ0v) is 12.0. The number of aromatic nitrogens is 1. The van der Waals surface area contributed by atoms with Crippen LogP contribution in [-0.2, 0) is 6.61 Å². The zero-order valence-electron chi connectivity index (χ0n) is 11.2. The van der Waals surface area contributed by atoms with Gasteiger partial charge in [-0.3, -0.25) is 5.14 Å². The summed E-state index contributed by atoms with van der Waals surface area (Å²) in [6.45, 7) is -0.192. The summed E-state index contributed by atoms with van der Waals surface area (Å²) >= 11 is 1.20. The lowest BCUT2D eigenvalue weighted by atomic mass is 9.99. The lowest BCUT2D eigenvalue weighted by Gasteiger charge is -2.04. The Morgan fingerprint density at radius 2 is 1.71 bits per heavy atom. The van der Waals surface area contributed by atoms with Gasteiger partial charge in [-0.1, -0.05) is 47.6 Å². The Kier molecular flexibility index (Phi) is 4.06. The highest BCUT2D eigenvalue weighted by molar-refractivity contribution is 7.97. The summed E-state index contributed by atoms with van der Waals surface area (Å²) in [5.74, 6) is 0.460. The molecule has 5 heteroatoms. The van der Waals surface area contributed by atoms with E-state index in [4.69, 9.17) is 9.66 Å². The number of benzene rings is 2. The van der Waals surface area contributed by atoms with Crippen LogP contribution in [0.5, 0.6) is 0 Å². The maximum absolute atomic E-state index is 9.48. The fraction of sp³-hybridized carbons (Fsp3) is 0.0625. The Hall–Kier alpha value is -2.08. The van der Waals surface area contributed by atoms with E-state index >= 15 is 0 Å². The molecule has 3 rings (SSSR count). The summed E-state index contributed by atoms with van der Waals surface area (Å²) in [7, 11) is 0. The molecule has 0 unspecified atom stereocenters. The first kappa shape index (κ1) is 13.9. The van der Waals surface area contributed by atoms with Crippen molar-refractivity contribution >= 4 is 11.9 Å². The first-order chi connectivity index (χ1) is 10.3. The molecule has 0 aliphatic rings. The van der Waals surface area contributed by atoms with E-state index in [-0.39, 0.29) is 6.61 Å². The minimum Gasteiger partial charge on any atom is -0.388 e. The van der Waals surface area contributed by atoms with Crippen LogP contribution in [0.3, 0.4) is 0 Å². The van der Waals surface area contributed by atoms with Crippen LogP contribution in [0.25, 0.3) is 22.4 Å². The molecule has 0 bridgehead atoms. The predicted molar refractivity (Wildman–Crippen MR) is 83.3 cm³/mol. The van der Waals surface area contributed by atoms with Crippen LogP contribution in [0, 0.1) is 0 Å². The highest BCUT2D eigenvalue weighted by Crippen LogP contribution is 2.35. The lowest BCUT2D eigenvalue weighted by molar-refractivity contribution is 0.230. The van der Waals surface area contributed by atoms with Gasteiger partial charge in [-0.2, -0.15) is 0 Å². The summed E-state index contributed by atoms with van der Waals surface area (Å²) in [5.41, 5.74) is 3.44. The van der Waals surface area contributed by atoms with Gasteiger partial charge in [-0.05, 0) is 29.6 Å². The molecule has 4 nitrogen and oxygen atoms in total. The number of rotatable bonds is 4. The third kappa shape index (κ3) is 2.71. The van der Waals surface area contributed by atoms with Crippen LogP contribution < -0.4 is 5.14 Å². The first-order valence-electron chi connectivity index (χ1n) is 6.45. The van der Waals surface area contributed by atoms with Crippen molar-refractivity contribution in [2.45, 2.75) is 11.5 Å². The minimum atomic E-state index is -0.192. The van der Waals surface area contributed by atoms with Gasteiger partial charge in [0.1, 0.15) is 12.3 Å². The quantitative estimate of drug-likeness (QED) is 0.722. The van der Waals surface area contributed by atoms with Crippen LogP contribution in [0.15, 0.2) is 64.0 Å². The predicted octanol–water partition coefficient (Wildman–Crippen LogP) is 3.47. The van der Waals surface area contributed by atoms with Gasteiger partial charge in [-0.15, -0.1) is 0 Å². The summed E-state index contributed by atoms with van der Waals surface area (Å²) in [5, 5.41) is 19.1. The molecule has 0 atom stereocenters. The third-order valence-corrected chi connectivity index (χ3v) is 3.78. The number of hydrogen-bond donors (Lipinski definition) is 2. The van der Waals surface area contributed by atoms with Gasteiger partial charge in [0.15, 0.2) is 5.76 Å². The van der Waals surface area contributed by atoms with Crippen molar-refractivity contribution in [1.29, 1.82) is 0 Å². The average Bonchev–Trinajstić information content (AvgIpc) is 2.99.